The summed E-state index contributed by atoms with van der Waals surface area (Å²) in [5, 5.41) is 5.06. The Morgan fingerprint density at radius 1 is 1.46 bits per heavy atom. The summed E-state index contributed by atoms with van der Waals surface area (Å²) in [4.78, 5) is 0. The van der Waals surface area contributed by atoms with Gasteiger partial charge in [-0.05, 0) is 18.1 Å². The first-order valence-electron chi connectivity index (χ1n) is 4.32. The molecule has 0 atom stereocenters. The van der Waals surface area contributed by atoms with Gasteiger partial charge in [0.05, 0.1) is 11.7 Å². The minimum absolute atomic E-state index is 0.140. The molecule has 0 unspecified atom stereocenters. The van der Waals surface area contributed by atoms with Crippen LogP contribution in [0, 0.1) is 5.82 Å². The van der Waals surface area contributed by atoms with E-state index in [2.05, 4.69) is 5.10 Å². The highest BCUT2D eigenvalue weighted by molar-refractivity contribution is 5.79. The van der Waals surface area contributed by atoms with Crippen LogP contribution in [-0.2, 0) is 13.5 Å². The fourth-order valence-electron chi connectivity index (χ4n) is 1.49. The monoisotopic (exact) mass is 178 g/mol. The quantitative estimate of drug-likeness (QED) is 0.655. The second-order valence-electron chi connectivity index (χ2n) is 3.12. The highest BCUT2D eigenvalue weighted by Crippen LogP contribution is 2.18. The van der Waals surface area contributed by atoms with Gasteiger partial charge in [0.15, 0.2) is 0 Å². The molecule has 2 rings (SSSR count). The zero-order valence-corrected chi connectivity index (χ0v) is 7.71. The first-order chi connectivity index (χ1) is 6.22. The first kappa shape index (κ1) is 8.23. The summed E-state index contributed by atoms with van der Waals surface area (Å²) in [6.45, 7) is 1.95. The molecule has 1 heterocycles. The molecule has 0 N–H and O–H groups in total. The Morgan fingerprint density at radius 2 is 2.23 bits per heavy atom. The van der Waals surface area contributed by atoms with E-state index in [4.69, 9.17) is 0 Å². The van der Waals surface area contributed by atoms with Crippen LogP contribution in [0.2, 0.25) is 0 Å². The highest BCUT2D eigenvalue weighted by atomic mass is 19.1. The van der Waals surface area contributed by atoms with Gasteiger partial charge in [-0.15, -0.1) is 0 Å². The molecule has 68 valence electrons. The van der Waals surface area contributed by atoms with Gasteiger partial charge in [-0.2, -0.15) is 5.10 Å². The molecule has 0 amide bonds. The SMILES string of the molecule is CCc1cc2cnn(C)c2cc1F. The van der Waals surface area contributed by atoms with Crippen LogP contribution in [0.3, 0.4) is 0 Å². The van der Waals surface area contributed by atoms with Crippen molar-refractivity contribution in [2.75, 3.05) is 0 Å². The summed E-state index contributed by atoms with van der Waals surface area (Å²) in [5.74, 6) is -0.140. The molecule has 1 aromatic heterocycles. The van der Waals surface area contributed by atoms with Crippen LogP contribution in [0.1, 0.15) is 12.5 Å². The number of hydrogen-bond acceptors (Lipinski definition) is 1. The summed E-state index contributed by atoms with van der Waals surface area (Å²) in [6, 6.07) is 3.40. The maximum Gasteiger partial charge on any atom is 0.128 e. The molecule has 0 saturated heterocycles. The van der Waals surface area contributed by atoms with E-state index in [0.29, 0.717) is 0 Å². The molecular formula is C10H11FN2. The minimum Gasteiger partial charge on any atom is -0.268 e. The van der Waals surface area contributed by atoms with E-state index in [-0.39, 0.29) is 5.82 Å². The van der Waals surface area contributed by atoms with E-state index in [9.17, 15) is 4.39 Å². The predicted octanol–water partition coefficient (Wildman–Crippen LogP) is 2.27. The van der Waals surface area contributed by atoms with Gasteiger partial charge in [0, 0.05) is 18.5 Å². The van der Waals surface area contributed by atoms with Gasteiger partial charge in [0.2, 0.25) is 0 Å². The van der Waals surface area contributed by atoms with E-state index in [0.717, 1.165) is 22.9 Å². The molecule has 0 aliphatic rings. The minimum atomic E-state index is -0.140. The molecule has 0 aliphatic carbocycles. The standard InChI is InChI=1S/C10H11FN2/c1-3-7-4-8-6-12-13(2)10(8)5-9(7)11/h4-6H,3H2,1-2H3. The van der Waals surface area contributed by atoms with Gasteiger partial charge < -0.3 is 0 Å². The summed E-state index contributed by atoms with van der Waals surface area (Å²) in [7, 11) is 1.81. The van der Waals surface area contributed by atoms with Crippen molar-refractivity contribution in [3.05, 3.63) is 29.7 Å². The third-order valence-corrected chi connectivity index (χ3v) is 2.30. The summed E-state index contributed by atoms with van der Waals surface area (Å²) in [5.41, 5.74) is 1.59. The molecule has 13 heavy (non-hydrogen) atoms. The van der Waals surface area contributed by atoms with E-state index < -0.39 is 0 Å². The van der Waals surface area contributed by atoms with Gasteiger partial charge in [0.25, 0.3) is 0 Å². The van der Waals surface area contributed by atoms with Crippen LogP contribution >= 0.6 is 0 Å². The largest absolute Gasteiger partial charge is 0.268 e. The maximum atomic E-state index is 13.3. The number of hydrogen-bond donors (Lipinski definition) is 0. The lowest BCUT2D eigenvalue weighted by Gasteiger charge is -2.00. The summed E-state index contributed by atoms with van der Waals surface area (Å²) >= 11 is 0. The molecule has 0 saturated carbocycles. The van der Waals surface area contributed by atoms with Crippen molar-refractivity contribution in [3.8, 4) is 0 Å². The molecule has 3 heteroatoms. The Balaban J connectivity index is 2.76. The number of aryl methyl sites for hydroxylation is 2. The third-order valence-electron chi connectivity index (χ3n) is 2.30. The normalized spacial score (nSPS) is 11.0. The lowest BCUT2D eigenvalue weighted by Crippen LogP contribution is -1.91. The summed E-state index contributed by atoms with van der Waals surface area (Å²) < 4.78 is 15.0. The maximum absolute atomic E-state index is 13.3. The molecule has 2 aromatic rings. The average Bonchev–Trinajstić information content (AvgIpc) is 2.47. The second kappa shape index (κ2) is 2.83. The Bertz CT molecular complexity index is 445. The van der Waals surface area contributed by atoms with Crippen molar-refractivity contribution in [3.63, 3.8) is 0 Å². The Labute approximate surface area is 76.0 Å². The Morgan fingerprint density at radius 3 is 2.92 bits per heavy atom. The number of aromatic nitrogens is 2. The van der Waals surface area contributed by atoms with E-state index >= 15 is 0 Å². The van der Waals surface area contributed by atoms with E-state index in [1.165, 1.54) is 0 Å². The molecule has 0 fully saturated rings. The predicted molar refractivity (Wildman–Crippen MR) is 50.1 cm³/mol. The number of benzene rings is 1. The van der Waals surface area contributed by atoms with Gasteiger partial charge in [0.1, 0.15) is 5.82 Å². The van der Waals surface area contributed by atoms with Crippen LogP contribution in [0.15, 0.2) is 18.3 Å². The Hall–Kier alpha value is -1.38. The van der Waals surface area contributed by atoms with Crippen LogP contribution in [0.5, 0.6) is 0 Å². The van der Waals surface area contributed by atoms with Crippen LogP contribution in [-0.4, -0.2) is 9.78 Å². The average molecular weight is 178 g/mol. The van der Waals surface area contributed by atoms with Crippen LogP contribution < -0.4 is 0 Å². The number of halogens is 1. The molecule has 1 aromatic carbocycles. The smallest absolute Gasteiger partial charge is 0.128 e. The van der Waals surface area contributed by atoms with E-state index in [1.54, 1.807) is 16.9 Å². The summed E-state index contributed by atoms with van der Waals surface area (Å²) in [6.07, 6.45) is 2.48. The highest BCUT2D eigenvalue weighted by Gasteiger charge is 2.05. The van der Waals surface area contributed by atoms with Crippen LogP contribution in [0.4, 0.5) is 4.39 Å². The molecular weight excluding hydrogens is 167 g/mol. The molecule has 0 radical (unpaired) electrons. The topological polar surface area (TPSA) is 17.8 Å². The third kappa shape index (κ3) is 1.20. The lowest BCUT2D eigenvalue weighted by atomic mass is 10.1. The zero-order valence-electron chi connectivity index (χ0n) is 7.71. The van der Waals surface area contributed by atoms with Gasteiger partial charge in [-0.1, -0.05) is 6.92 Å². The van der Waals surface area contributed by atoms with Crippen molar-refractivity contribution in [2.45, 2.75) is 13.3 Å². The Kier molecular flexibility index (Phi) is 1.79. The second-order valence-corrected chi connectivity index (χ2v) is 3.12. The van der Waals surface area contributed by atoms with Crippen molar-refractivity contribution in [1.29, 1.82) is 0 Å². The number of nitrogens with zero attached hydrogens (tertiary/aromatic N) is 2. The van der Waals surface area contributed by atoms with Gasteiger partial charge in [-0.3, -0.25) is 4.68 Å². The molecule has 0 aliphatic heterocycles. The lowest BCUT2D eigenvalue weighted by molar-refractivity contribution is 0.613. The van der Waals surface area contributed by atoms with Gasteiger partial charge >= 0.3 is 0 Å². The molecule has 0 bridgehead atoms. The fourth-order valence-corrected chi connectivity index (χ4v) is 1.49. The van der Waals surface area contributed by atoms with Crippen molar-refractivity contribution in [2.24, 2.45) is 7.05 Å². The van der Waals surface area contributed by atoms with E-state index in [1.807, 2.05) is 20.0 Å². The van der Waals surface area contributed by atoms with Crippen molar-refractivity contribution >= 4 is 10.9 Å². The van der Waals surface area contributed by atoms with Crippen LogP contribution in [0.25, 0.3) is 10.9 Å². The van der Waals surface area contributed by atoms with Gasteiger partial charge in [-0.25, -0.2) is 4.39 Å². The molecule has 0 spiro atoms. The van der Waals surface area contributed by atoms with Crippen molar-refractivity contribution < 1.29 is 4.39 Å². The van der Waals surface area contributed by atoms with Crippen molar-refractivity contribution in [1.82, 2.24) is 9.78 Å². The fraction of sp³-hybridized carbons (Fsp3) is 0.300. The molecule has 2 nitrogen and oxygen atoms in total. The first-order valence-corrected chi connectivity index (χ1v) is 4.32. The zero-order chi connectivity index (χ0) is 9.42. The number of rotatable bonds is 1. The number of fused-ring (bicyclic) bond motifs is 1.